The molecule has 0 heterocycles. The summed E-state index contributed by atoms with van der Waals surface area (Å²) in [4.78, 5) is 1.70. The van der Waals surface area contributed by atoms with Gasteiger partial charge in [-0.2, -0.15) is 5.26 Å². The number of hydrogen-bond acceptors (Lipinski definition) is 3. The van der Waals surface area contributed by atoms with Gasteiger partial charge in [-0.3, -0.25) is 0 Å². The Morgan fingerprint density at radius 1 is 1.40 bits per heavy atom. The van der Waals surface area contributed by atoms with Crippen LogP contribution < -0.4 is 4.74 Å². The first-order valence-corrected chi connectivity index (χ1v) is 4.84. The number of hydrogen-bond donors (Lipinski definition) is 0. The Kier molecular flexibility index (Phi) is 3.64. The fraction of sp³-hybridized carbons (Fsp3) is 0.273. The lowest BCUT2D eigenvalue weighted by atomic mass is 10.1. The van der Waals surface area contributed by atoms with Gasteiger partial charge in [-0.05, 0) is 42.9 Å². The number of benzene rings is 1. The minimum Gasteiger partial charge on any atom is -0.432 e. The van der Waals surface area contributed by atoms with Crippen LogP contribution in [0.3, 0.4) is 0 Å². The lowest BCUT2D eigenvalue weighted by molar-refractivity contribution is 0.449. The molecular weight excluding hydrogens is 208 g/mol. The molecule has 0 unspecified atom stereocenters. The predicted molar refractivity (Wildman–Crippen MR) is 62.8 cm³/mol. The van der Waals surface area contributed by atoms with Crippen molar-refractivity contribution in [3.05, 3.63) is 29.3 Å². The van der Waals surface area contributed by atoms with Gasteiger partial charge in [-0.25, -0.2) is 0 Å². The zero-order valence-electron chi connectivity index (χ0n) is 8.94. The molecule has 0 saturated heterocycles. The highest BCUT2D eigenvalue weighted by atomic mass is 32.1. The summed E-state index contributed by atoms with van der Waals surface area (Å²) in [6, 6.07) is 7.38. The average molecular weight is 220 g/mol. The van der Waals surface area contributed by atoms with Gasteiger partial charge in [-0.15, -0.1) is 0 Å². The van der Waals surface area contributed by atoms with Crippen molar-refractivity contribution in [2.45, 2.75) is 6.92 Å². The van der Waals surface area contributed by atoms with E-state index in [4.69, 9.17) is 22.2 Å². The van der Waals surface area contributed by atoms with E-state index in [1.807, 2.05) is 27.1 Å². The molecule has 0 radical (unpaired) electrons. The highest BCUT2D eigenvalue weighted by Crippen LogP contribution is 2.16. The Morgan fingerprint density at radius 3 is 2.60 bits per heavy atom. The summed E-state index contributed by atoms with van der Waals surface area (Å²) in [7, 11) is 3.62. The van der Waals surface area contributed by atoms with Crippen LogP contribution in [0, 0.1) is 18.3 Å². The third-order valence-electron chi connectivity index (χ3n) is 1.75. The fourth-order valence-electron chi connectivity index (χ4n) is 1.06. The smallest absolute Gasteiger partial charge is 0.264 e. The van der Waals surface area contributed by atoms with E-state index in [-0.39, 0.29) is 0 Å². The fourth-order valence-corrected chi connectivity index (χ4v) is 1.16. The van der Waals surface area contributed by atoms with E-state index in [0.717, 1.165) is 5.56 Å². The van der Waals surface area contributed by atoms with Crippen molar-refractivity contribution in [1.82, 2.24) is 4.90 Å². The van der Waals surface area contributed by atoms with Crippen molar-refractivity contribution in [3.63, 3.8) is 0 Å². The molecule has 0 aliphatic rings. The second kappa shape index (κ2) is 4.76. The van der Waals surface area contributed by atoms with E-state index < -0.39 is 0 Å². The van der Waals surface area contributed by atoms with Crippen LogP contribution in [-0.2, 0) is 0 Å². The molecule has 0 atom stereocenters. The molecule has 0 aromatic heterocycles. The van der Waals surface area contributed by atoms with E-state index in [1.54, 1.807) is 17.0 Å². The van der Waals surface area contributed by atoms with Crippen molar-refractivity contribution in [1.29, 1.82) is 5.26 Å². The van der Waals surface area contributed by atoms with Gasteiger partial charge in [-0.1, -0.05) is 0 Å². The van der Waals surface area contributed by atoms with Gasteiger partial charge in [0.05, 0.1) is 11.6 Å². The van der Waals surface area contributed by atoms with Crippen LogP contribution in [0.2, 0.25) is 0 Å². The van der Waals surface area contributed by atoms with E-state index in [2.05, 4.69) is 6.07 Å². The molecule has 0 aliphatic carbocycles. The first kappa shape index (κ1) is 11.5. The molecule has 0 spiro atoms. The number of nitrogens with zero attached hydrogens (tertiary/aromatic N) is 2. The van der Waals surface area contributed by atoms with Gasteiger partial charge >= 0.3 is 0 Å². The highest BCUT2D eigenvalue weighted by Gasteiger charge is 2.04. The second-order valence-electron chi connectivity index (χ2n) is 3.41. The number of ether oxygens (including phenoxy) is 1. The summed E-state index contributed by atoms with van der Waals surface area (Å²) >= 11 is 5.00. The van der Waals surface area contributed by atoms with Crippen LogP contribution in [0.15, 0.2) is 18.2 Å². The van der Waals surface area contributed by atoms with Crippen molar-refractivity contribution in [2.75, 3.05) is 14.1 Å². The molecule has 0 amide bonds. The minimum atomic E-state index is 0.379. The topological polar surface area (TPSA) is 36.3 Å². The largest absolute Gasteiger partial charge is 0.432 e. The van der Waals surface area contributed by atoms with E-state index in [9.17, 15) is 0 Å². The molecule has 0 bridgehead atoms. The summed E-state index contributed by atoms with van der Waals surface area (Å²) in [6.45, 7) is 1.91. The molecule has 0 aliphatic heterocycles. The monoisotopic (exact) mass is 220 g/mol. The Balaban J connectivity index is 2.92. The van der Waals surface area contributed by atoms with E-state index >= 15 is 0 Å². The molecule has 1 aromatic carbocycles. The quantitative estimate of drug-likeness (QED) is 0.679. The van der Waals surface area contributed by atoms with Gasteiger partial charge in [0, 0.05) is 14.1 Å². The summed E-state index contributed by atoms with van der Waals surface area (Å²) in [5, 5.41) is 9.16. The first-order valence-electron chi connectivity index (χ1n) is 4.44. The van der Waals surface area contributed by atoms with E-state index in [1.165, 1.54) is 0 Å². The number of rotatable bonds is 1. The van der Waals surface area contributed by atoms with E-state index in [0.29, 0.717) is 16.5 Å². The van der Waals surface area contributed by atoms with Crippen LogP contribution in [0.5, 0.6) is 5.75 Å². The lowest BCUT2D eigenvalue weighted by Gasteiger charge is -2.14. The molecule has 78 valence electrons. The molecule has 3 nitrogen and oxygen atoms in total. The molecular formula is C11H12N2OS. The molecule has 0 saturated carbocycles. The van der Waals surface area contributed by atoms with Crippen molar-refractivity contribution in [3.8, 4) is 11.8 Å². The molecule has 0 fully saturated rings. The summed E-state index contributed by atoms with van der Waals surface area (Å²) < 4.78 is 5.41. The summed E-state index contributed by atoms with van der Waals surface area (Å²) in [5.41, 5.74) is 1.55. The van der Waals surface area contributed by atoms with Gasteiger partial charge in [0.15, 0.2) is 0 Å². The Labute approximate surface area is 94.9 Å². The normalized spacial score (nSPS) is 9.20. The summed E-state index contributed by atoms with van der Waals surface area (Å²) in [5.74, 6) is 0.602. The zero-order chi connectivity index (χ0) is 11.4. The summed E-state index contributed by atoms with van der Waals surface area (Å²) in [6.07, 6.45) is 0. The average Bonchev–Trinajstić information content (AvgIpc) is 2.16. The Morgan fingerprint density at radius 2 is 2.07 bits per heavy atom. The van der Waals surface area contributed by atoms with Crippen molar-refractivity contribution < 1.29 is 4.74 Å². The zero-order valence-corrected chi connectivity index (χ0v) is 9.76. The maximum Gasteiger partial charge on any atom is 0.264 e. The molecule has 4 heteroatoms. The SMILES string of the molecule is Cc1cc(C#N)cc(OC(=S)N(C)C)c1. The predicted octanol–water partition coefficient (Wildman–Crippen LogP) is 2.09. The maximum atomic E-state index is 8.78. The van der Waals surface area contributed by atoms with Crippen LogP contribution in [0.4, 0.5) is 0 Å². The Hall–Kier alpha value is -1.60. The molecule has 1 rings (SSSR count). The van der Waals surface area contributed by atoms with Gasteiger partial charge < -0.3 is 9.64 Å². The Bertz CT molecular complexity index is 421. The van der Waals surface area contributed by atoms with Crippen LogP contribution in [0.1, 0.15) is 11.1 Å². The van der Waals surface area contributed by atoms with Crippen LogP contribution in [0.25, 0.3) is 0 Å². The first-order chi connectivity index (χ1) is 7.02. The van der Waals surface area contributed by atoms with Crippen LogP contribution in [-0.4, -0.2) is 24.2 Å². The third-order valence-corrected chi connectivity index (χ3v) is 2.20. The standard InChI is InChI=1S/C11H12N2OS/c1-8-4-9(7-12)6-10(5-8)14-11(15)13(2)3/h4-6H,1-3H3. The number of aryl methyl sites for hydroxylation is 1. The molecule has 15 heavy (non-hydrogen) atoms. The minimum absolute atomic E-state index is 0.379. The second-order valence-corrected chi connectivity index (χ2v) is 3.76. The lowest BCUT2D eigenvalue weighted by Crippen LogP contribution is -2.25. The molecule has 1 aromatic rings. The third kappa shape index (κ3) is 3.22. The number of thiocarbonyl (C=S) groups is 1. The van der Waals surface area contributed by atoms with Crippen molar-refractivity contribution >= 4 is 17.4 Å². The highest BCUT2D eigenvalue weighted by molar-refractivity contribution is 7.80. The maximum absolute atomic E-state index is 8.78. The van der Waals surface area contributed by atoms with Crippen LogP contribution >= 0.6 is 12.2 Å². The van der Waals surface area contributed by atoms with Gasteiger partial charge in [0.1, 0.15) is 5.75 Å². The molecule has 0 N–H and O–H groups in total. The van der Waals surface area contributed by atoms with Gasteiger partial charge in [0.25, 0.3) is 5.17 Å². The van der Waals surface area contributed by atoms with Gasteiger partial charge in [0.2, 0.25) is 0 Å². The number of nitriles is 1. The van der Waals surface area contributed by atoms with Crippen molar-refractivity contribution in [2.24, 2.45) is 0 Å².